The molecule has 1 saturated heterocycles. The topological polar surface area (TPSA) is 103 Å². The van der Waals surface area contributed by atoms with E-state index in [1.165, 1.54) is 7.11 Å². The zero-order valence-corrected chi connectivity index (χ0v) is 20.2. The van der Waals surface area contributed by atoms with Crippen molar-refractivity contribution in [1.29, 1.82) is 0 Å². The van der Waals surface area contributed by atoms with Gasteiger partial charge in [0.25, 0.3) is 0 Å². The highest BCUT2D eigenvalue weighted by Crippen LogP contribution is 2.39. The van der Waals surface area contributed by atoms with Gasteiger partial charge in [-0.2, -0.15) is 9.97 Å². The molecule has 0 amide bonds. The van der Waals surface area contributed by atoms with Crippen LogP contribution in [0, 0.1) is 0 Å². The van der Waals surface area contributed by atoms with Crippen LogP contribution in [0.5, 0.6) is 17.2 Å². The lowest BCUT2D eigenvalue weighted by molar-refractivity contribution is 0.122. The van der Waals surface area contributed by atoms with Crippen molar-refractivity contribution in [2.75, 3.05) is 48.8 Å². The normalized spacial score (nSPS) is 14.0. The maximum atomic E-state index is 13.0. The summed E-state index contributed by atoms with van der Waals surface area (Å²) in [6, 6.07) is 16.3. The van der Waals surface area contributed by atoms with Crippen LogP contribution in [0.2, 0.25) is 5.15 Å². The fourth-order valence-electron chi connectivity index (χ4n) is 3.38. The average Bonchev–Trinajstić information content (AvgIpc) is 2.86. The number of sulfonamides is 1. The van der Waals surface area contributed by atoms with E-state index in [2.05, 4.69) is 14.7 Å². The lowest BCUT2D eigenvalue weighted by Gasteiger charge is -2.27. The molecule has 0 atom stereocenters. The molecule has 180 valence electrons. The van der Waals surface area contributed by atoms with E-state index in [0.29, 0.717) is 50.2 Å². The molecule has 0 aliphatic carbocycles. The van der Waals surface area contributed by atoms with Crippen LogP contribution in [0.1, 0.15) is 5.56 Å². The molecule has 1 fully saturated rings. The average molecular weight is 505 g/mol. The SMILES string of the molecule is COc1ccccc1Oc1c(Cl)nc(N2CCOCC2)nc1NS(=O)(=O)CCc1ccccc1. The Balaban J connectivity index is 1.66. The van der Waals surface area contributed by atoms with E-state index in [4.69, 9.17) is 25.8 Å². The monoisotopic (exact) mass is 504 g/mol. The number of hydrogen-bond acceptors (Lipinski definition) is 8. The molecule has 2 aromatic carbocycles. The second-order valence-corrected chi connectivity index (χ2v) is 9.70. The summed E-state index contributed by atoms with van der Waals surface area (Å²) >= 11 is 6.49. The van der Waals surface area contributed by atoms with Crippen LogP contribution in [0.4, 0.5) is 11.8 Å². The van der Waals surface area contributed by atoms with Crippen molar-refractivity contribution in [3.63, 3.8) is 0 Å². The highest BCUT2D eigenvalue weighted by Gasteiger charge is 2.24. The number of morpholine rings is 1. The second kappa shape index (κ2) is 10.9. The number of aryl methyl sites for hydroxylation is 1. The van der Waals surface area contributed by atoms with Gasteiger partial charge >= 0.3 is 0 Å². The number of ether oxygens (including phenoxy) is 3. The smallest absolute Gasteiger partial charge is 0.234 e. The van der Waals surface area contributed by atoms with Gasteiger partial charge < -0.3 is 19.1 Å². The number of nitrogens with zero attached hydrogens (tertiary/aromatic N) is 3. The second-order valence-electron chi connectivity index (χ2n) is 7.50. The Labute approximate surface area is 203 Å². The highest BCUT2D eigenvalue weighted by molar-refractivity contribution is 7.92. The molecule has 0 saturated carbocycles. The summed E-state index contributed by atoms with van der Waals surface area (Å²) in [6.07, 6.45) is 0.341. The molecule has 2 heterocycles. The molecule has 11 heteroatoms. The molecule has 34 heavy (non-hydrogen) atoms. The van der Waals surface area contributed by atoms with E-state index in [9.17, 15) is 8.42 Å². The Morgan fingerprint density at radius 1 is 1.03 bits per heavy atom. The number of hydrogen-bond donors (Lipinski definition) is 1. The summed E-state index contributed by atoms with van der Waals surface area (Å²) < 4.78 is 45.2. The van der Waals surface area contributed by atoms with Crippen molar-refractivity contribution in [3.8, 4) is 17.2 Å². The van der Waals surface area contributed by atoms with Crippen molar-refractivity contribution in [2.24, 2.45) is 0 Å². The molecule has 3 aromatic rings. The van der Waals surface area contributed by atoms with Gasteiger partial charge in [0.15, 0.2) is 22.5 Å². The zero-order valence-electron chi connectivity index (χ0n) is 18.6. The first-order valence-electron chi connectivity index (χ1n) is 10.7. The molecule has 1 aromatic heterocycles. The largest absolute Gasteiger partial charge is 0.493 e. The summed E-state index contributed by atoms with van der Waals surface area (Å²) in [5.74, 6) is 0.904. The van der Waals surface area contributed by atoms with Crippen molar-refractivity contribution in [1.82, 2.24) is 9.97 Å². The molecule has 4 rings (SSSR count). The van der Waals surface area contributed by atoms with Crippen LogP contribution >= 0.6 is 11.6 Å². The Morgan fingerprint density at radius 3 is 2.41 bits per heavy atom. The molecule has 0 unspecified atom stereocenters. The van der Waals surface area contributed by atoms with Crippen LogP contribution in [0.3, 0.4) is 0 Å². The quantitative estimate of drug-likeness (QED) is 0.439. The van der Waals surface area contributed by atoms with E-state index in [-0.39, 0.29) is 22.5 Å². The maximum Gasteiger partial charge on any atom is 0.234 e. The van der Waals surface area contributed by atoms with Crippen LogP contribution in [0.25, 0.3) is 0 Å². The van der Waals surface area contributed by atoms with Gasteiger partial charge in [-0.05, 0) is 24.1 Å². The zero-order chi connectivity index (χ0) is 24.0. The third kappa shape index (κ3) is 6.07. The Bertz CT molecular complexity index is 1220. The third-order valence-corrected chi connectivity index (χ3v) is 6.64. The molecule has 0 radical (unpaired) electrons. The summed E-state index contributed by atoms with van der Waals surface area (Å²) in [7, 11) is -2.27. The first kappa shape index (κ1) is 24.1. The molecule has 1 N–H and O–H groups in total. The molecule has 1 aliphatic heterocycles. The molecule has 9 nitrogen and oxygen atoms in total. The van der Waals surface area contributed by atoms with Gasteiger partial charge in [0.05, 0.1) is 26.1 Å². The molecule has 0 bridgehead atoms. The Hall–Kier alpha value is -3.08. The number of rotatable bonds is 9. The number of anilines is 2. The number of benzene rings is 2. The number of aromatic nitrogens is 2. The van der Waals surface area contributed by atoms with E-state index in [1.54, 1.807) is 24.3 Å². The molecular weight excluding hydrogens is 480 g/mol. The van der Waals surface area contributed by atoms with E-state index in [0.717, 1.165) is 5.56 Å². The summed E-state index contributed by atoms with van der Waals surface area (Å²) in [5, 5.41) is -0.0249. The number of para-hydroxylation sites is 2. The fourth-order valence-corrected chi connectivity index (χ4v) is 4.63. The first-order valence-corrected chi connectivity index (χ1v) is 12.7. The Kier molecular flexibility index (Phi) is 7.71. The predicted octanol–water partition coefficient (Wildman–Crippen LogP) is 3.75. The summed E-state index contributed by atoms with van der Waals surface area (Å²) in [6.45, 7) is 2.14. The molecule has 1 aliphatic rings. The van der Waals surface area contributed by atoms with Crippen molar-refractivity contribution >= 4 is 33.4 Å². The van der Waals surface area contributed by atoms with Crippen LogP contribution in [-0.2, 0) is 21.2 Å². The van der Waals surface area contributed by atoms with Crippen LogP contribution in [-0.4, -0.2) is 57.6 Å². The summed E-state index contributed by atoms with van der Waals surface area (Å²) in [5.41, 5.74) is 0.910. The van der Waals surface area contributed by atoms with Gasteiger partial charge in [0.2, 0.25) is 21.7 Å². The van der Waals surface area contributed by atoms with E-state index < -0.39 is 10.0 Å². The van der Waals surface area contributed by atoms with Gasteiger partial charge in [-0.3, -0.25) is 4.72 Å². The third-order valence-electron chi connectivity index (χ3n) is 5.14. The number of halogens is 1. The van der Waals surface area contributed by atoms with E-state index in [1.807, 2.05) is 35.2 Å². The minimum Gasteiger partial charge on any atom is -0.493 e. The van der Waals surface area contributed by atoms with Crippen LogP contribution < -0.4 is 19.1 Å². The summed E-state index contributed by atoms with van der Waals surface area (Å²) in [4.78, 5) is 10.7. The highest BCUT2D eigenvalue weighted by atomic mass is 35.5. The predicted molar refractivity (Wildman–Crippen MR) is 131 cm³/mol. The van der Waals surface area contributed by atoms with Crippen LogP contribution in [0.15, 0.2) is 54.6 Å². The lowest BCUT2D eigenvalue weighted by Crippen LogP contribution is -2.37. The standard InChI is InChI=1S/C23H25ClN4O5S/c1-31-18-9-5-6-10-19(18)33-20-21(24)25-23(28-12-14-32-15-13-28)26-22(20)27-34(29,30)16-11-17-7-3-2-4-8-17/h2-10H,11-16H2,1H3,(H,25,26,27). The van der Waals surface area contributed by atoms with Gasteiger partial charge in [-0.1, -0.05) is 54.1 Å². The van der Waals surface area contributed by atoms with Gasteiger partial charge in [-0.25, -0.2) is 8.42 Å². The molecule has 0 spiro atoms. The maximum absolute atomic E-state index is 13.0. The van der Waals surface area contributed by atoms with Crippen molar-refractivity contribution in [2.45, 2.75) is 6.42 Å². The minimum absolute atomic E-state index is 0.00791. The van der Waals surface area contributed by atoms with E-state index >= 15 is 0 Å². The van der Waals surface area contributed by atoms with Crippen molar-refractivity contribution in [3.05, 3.63) is 65.3 Å². The lowest BCUT2D eigenvalue weighted by atomic mass is 10.2. The van der Waals surface area contributed by atoms with Gasteiger partial charge in [-0.15, -0.1) is 0 Å². The van der Waals surface area contributed by atoms with Crippen molar-refractivity contribution < 1.29 is 22.6 Å². The number of methoxy groups -OCH3 is 1. The Morgan fingerprint density at radius 2 is 1.71 bits per heavy atom. The fraction of sp³-hybridized carbons (Fsp3) is 0.304. The van der Waals surface area contributed by atoms with Gasteiger partial charge in [0, 0.05) is 13.1 Å². The number of nitrogens with one attached hydrogen (secondary N) is 1. The van der Waals surface area contributed by atoms with Gasteiger partial charge in [0.1, 0.15) is 0 Å². The first-order chi connectivity index (χ1) is 16.4. The minimum atomic E-state index is -3.78. The molecular formula is C23H25ClN4O5S.